The van der Waals surface area contributed by atoms with Crippen LogP contribution in [0.25, 0.3) is 22.2 Å². The van der Waals surface area contributed by atoms with Gasteiger partial charge in [0, 0.05) is 23.7 Å². The SMILES string of the molecule is Cc1noc(C)c1-c1cc(C(C2=CCCC=N2)c2ccccn2)c2[nH]c(=O)[nH]c2c1F. The van der Waals surface area contributed by atoms with Gasteiger partial charge in [0.2, 0.25) is 0 Å². The zero-order valence-electron chi connectivity index (χ0n) is 17.1. The van der Waals surface area contributed by atoms with Crippen LogP contribution in [-0.2, 0) is 0 Å². The number of hydrogen-bond acceptors (Lipinski definition) is 5. The minimum atomic E-state index is -0.535. The van der Waals surface area contributed by atoms with Crippen molar-refractivity contribution in [3.05, 3.63) is 81.2 Å². The van der Waals surface area contributed by atoms with Crippen LogP contribution >= 0.6 is 0 Å². The third-order valence-electron chi connectivity index (χ3n) is 5.55. The minimum Gasteiger partial charge on any atom is -0.361 e. The quantitative estimate of drug-likeness (QED) is 0.509. The molecule has 0 aliphatic carbocycles. The number of aromatic nitrogens is 4. The maximum atomic E-state index is 15.6. The van der Waals surface area contributed by atoms with Crippen molar-refractivity contribution in [1.82, 2.24) is 20.1 Å². The molecule has 2 N–H and O–H groups in total. The smallest absolute Gasteiger partial charge is 0.323 e. The van der Waals surface area contributed by atoms with Crippen LogP contribution in [0, 0.1) is 19.7 Å². The van der Waals surface area contributed by atoms with Gasteiger partial charge in [-0.2, -0.15) is 0 Å². The van der Waals surface area contributed by atoms with Crippen molar-refractivity contribution in [2.24, 2.45) is 4.99 Å². The highest BCUT2D eigenvalue weighted by atomic mass is 19.1. The van der Waals surface area contributed by atoms with Gasteiger partial charge in [-0.1, -0.05) is 17.3 Å². The molecule has 0 saturated heterocycles. The standard InChI is InChI=1S/C23H20FN5O2/c1-12-18(13(2)31-29-12)14-11-15(21-22(20(14)24)28-23(30)27-21)19(16-7-3-5-9-25-16)17-8-4-6-10-26-17/h3,5,7-11,19H,4,6H2,1-2H3,(H2,27,28,30). The Labute approximate surface area is 176 Å². The highest BCUT2D eigenvalue weighted by molar-refractivity contribution is 5.88. The summed E-state index contributed by atoms with van der Waals surface area (Å²) in [7, 11) is 0. The van der Waals surface area contributed by atoms with E-state index < -0.39 is 11.5 Å². The first-order valence-corrected chi connectivity index (χ1v) is 10.1. The Morgan fingerprint density at radius 1 is 1.16 bits per heavy atom. The van der Waals surface area contributed by atoms with Crippen LogP contribution < -0.4 is 5.69 Å². The lowest BCUT2D eigenvalue weighted by molar-refractivity contribution is 0.393. The number of nitrogens with zero attached hydrogens (tertiary/aromatic N) is 3. The highest BCUT2D eigenvalue weighted by Gasteiger charge is 2.28. The molecule has 0 saturated carbocycles. The van der Waals surface area contributed by atoms with Gasteiger partial charge >= 0.3 is 5.69 Å². The summed E-state index contributed by atoms with van der Waals surface area (Å²) in [5.74, 6) is -0.414. The number of aromatic amines is 2. The van der Waals surface area contributed by atoms with Crippen molar-refractivity contribution in [2.75, 3.05) is 0 Å². The second-order valence-electron chi connectivity index (χ2n) is 7.56. The second kappa shape index (κ2) is 7.46. The number of aryl methyl sites for hydroxylation is 2. The number of pyridine rings is 1. The summed E-state index contributed by atoms with van der Waals surface area (Å²) < 4.78 is 20.9. The van der Waals surface area contributed by atoms with E-state index in [1.54, 1.807) is 26.1 Å². The summed E-state index contributed by atoms with van der Waals surface area (Å²) in [5.41, 5.74) is 3.76. The normalized spacial score (nSPS) is 14.7. The minimum absolute atomic E-state index is 0.110. The summed E-state index contributed by atoms with van der Waals surface area (Å²) in [6, 6.07) is 7.40. The molecule has 1 aliphatic rings. The van der Waals surface area contributed by atoms with Gasteiger partial charge in [-0.25, -0.2) is 9.18 Å². The van der Waals surface area contributed by atoms with Gasteiger partial charge in [0.05, 0.1) is 28.4 Å². The number of nitrogens with one attached hydrogen (secondary N) is 2. The van der Waals surface area contributed by atoms with Crippen molar-refractivity contribution in [3.63, 3.8) is 0 Å². The zero-order chi connectivity index (χ0) is 21.5. The third-order valence-corrected chi connectivity index (χ3v) is 5.55. The molecule has 1 atom stereocenters. The van der Waals surface area contributed by atoms with Crippen LogP contribution in [0.15, 0.2) is 56.5 Å². The van der Waals surface area contributed by atoms with E-state index in [0.717, 1.165) is 24.2 Å². The molecule has 0 fully saturated rings. The Kier molecular flexibility index (Phi) is 4.62. The van der Waals surface area contributed by atoms with Gasteiger partial charge < -0.3 is 14.5 Å². The first-order valence-electron chi connectivity index (χ1n) is 10.1. The topological polar surface area (TPSA) is 99.9 Å². The summed E-state index contributed by atoms with van der Waals surface area (Å²) in [6.07, 6.45) is 7.37. The van der Waals surface area contributed by atoms with Gasteiger partial charge in [-0.15, -0.1) is 0 Å². The average molecular weight is 417 g/mol. The lowest BCUT2D eigenvalue weighted by Crippen LogP contribution is -2.10. The monoisotopic (exact) mass is 417 g/mol. The highest BCUT2D eigenvalue weighted by Crippen LogP contribution is 2.41. The summed E-state index contributed by atoms with van der Waals surface area (Å²) in [5, 5.41) is 3.97. The van der Waals surface area contributed by atoms with Crippen LogP contribution in [0.5, 0.6) is 0 Å². The molecule has 8 heteroatoms. The van der Waals surface area contributed by atoms with E-state index >= 15 is 4.39 Å². The lowest BCUT2D eigenvalue weighted by Gasteiger charge is -2.21. The van der Waals surface area contributed by atoms with Crippen LogP contribution in [0.3, 0.4) is 0 Å². The number of benzene rings is 1. The number of rotatable bonds is 4. The fourth-order valence-corrected chi connectivity index (χ4v) is 4.20. The van der Waals surface area contributed by atoms with E-state index in [-0.39, 0.29) is 11.4 Å². The Hall–Kier alpha value is -3.81. The van der Waals surface area contributed by atoms with Crippen molar-refractivity contribution >= 4 is 17.2 Å². The van der Waals surface area contributed by atoms with Crippen LogP contribution in [-0.4, -0.2) is 26.3 Å². The molecule has 5 rings (SSSR count). The molecular weight excluding hydrogens is 397 g/mol. The van der Waals surface area contributed by atoms with Crippen molar-refractivity contribution in [2.45, 2.75) is 32.6 Å². The second-order valence-corrected chi connectivity index (χ2v) is 7.56. The lowest BCUT2D eigenvalue weighted by atomic mass is 9.87. The average Bonchev–Trinajstić information content (AvgIpc) is 3.34. The molecular formula is C23H20FN5O2. The van der Waals surface area contributed by atoms with Crippen LogP contribution in [0.4, 0.5) is 4.39 Å². The first-order chi connectivity index (χ1) is 15.0. The maximum absolute atomic E-state index is 15.6. The van der Waals surface area contributed by atoms with Crippen LogP contribution in [0.1, 0.15) is 41.5 Å². The summed E-state index contributed by atoms with van der Waals surface area (Å²) in [4.78, 5) is 26.7. The number of hydrogen-bond donors (Lipinski definition) is 2. The van der Waals surface area contributed by atoms with Crippen molar-refractivity contribution in [1.29, 1.82) is 0 Å². The number of fused-ring (bicyclic) bond motifs is 1. The van der Waals surface area contributed by atoms with E-state index in [1.807, 2.05) is 24.4 Å². The van der Waals surface area contributed by atoms with Crippen LogP contribution in [0.2, 0.25) is 0 Å². The van der Waals surface area contributed by atoms with E-state index in [1.165, 1.54) is 0 Å². The number of H-pyrrole nitrogens is 2. The number of halogens is 1. The predicted octanol–water partition coefficient (Wildman–Crippen LogP) is 4.54. The molecule has 0 spiro atoms. The van der Waals surface area contributed by atoms with Gasteiger partial charge in [0.25, 0.3) is 0 Å². The van der Waals surface area contributed by atoms with E-state index in [9.17, 15) is 4.79 Å². The Morgan fingerprint density at radius 3 is 2.68 bits per heavy atom. The zero-order valence-corrected chi connectivity index (χ0v) is 17.1. The number of aliphatic imine (C=N–C) groups is 1. The number of imidazole rings is 1. The molecule has 0 radical (unpaired) electrons. The number of allylic oxidation sites excluding steroid dienone is 2. The third kappa shape index (κ3) is 3.20. The molecule has 1 aromatic carbocycles. The van der Waals surface area contributed by atoms with Gasteiger partial charge in [0.15, 0.2) is 5.82 Å². The molecule has 3 aromatic heterocycles. The largest absolute Gasteiger partial charge is 0.361 e. The molecule has 156 valence electrons. The van der Waals surface area contributed by atoms with Gasteiger partial charge in [-0.3, -0.25) is 9.98 Å². The molecule has 1 aliphatic heterocycles. The van der Waals surface area contributed by atoms with E-state index in [0.29, 0.717) is 33.7 Å². The van der Waals surface area contributed by atoms with E-state index in [2.05, 4.69) is 31.2 Å². The van der Waals surface area contributed by atoms with Gasteiger partial charge in [-0.05, 0) is 50.5 Å². The molecule has 0 amide bonds. The fraction of sp³-hybridized carbons (Fsp3) is 0.217. The maximum Gasteiger partial charge on any atom is 0.323 e. The molecule has 4 heterocycles. The van der Waals surface area contributed by atoms with E-state index in [4.69, 9.17) is 4.52 Å². The fourth-order valence-electron chi connectivity index (χ4n) is 4.20. The Balaban J connectivity index is 1.86. The molecule has 0 bridgehead atoms. The summed E-state index contributed by atoms with van der Waals surface area (Å²) >= 11 is 0. The van der Waals surface area contributed by atoms with Crippen molar-refractivity contribution in [3.8, 4) is 11.1 Å². The predicted molar refractivity (Wildman–Crippen MR) is 116 cm³/mol. The molecule has 4 aromatic rings. The first kappa shape index (κ1) is 19.2. The molecule has 1 unspecified atom stereocenters. The molecule has 7 nitrogen and oxygen atoms in total. The van der Waals surface area contributed by atoms with Crippen molar-refractivity contribution < 1.29 is 8.91 Å². The Bertz CT molecular complexity index is 1380. The van der Waals surface area contributed by atoms with Gasteiger partial charge in [0.1, 0.15) is 11.3 Å². The molecule has 31 heavy (non-hydrogen) atoms. The summed E-state index contributed by atoms with van der Waals surface area (Å²) in [6.45, 7) is 3.50. The Morgan fingerprint density at radius 2 is 2.00 bits per heavy atom.